The highest BCUT2D eigenvalue weighted by molar-refractivity contribution is 7.89. The number of aliphatic hydroxyl groups excluding tert-OH is 1. The minimum absolute atomic E-state index is 0.0966. The van der Waals surface area contributed by atoms with E-state index in [0.29, 0.717) is 5.56 Å². The van der Waals surface area contributed by atoms with Crippen LogP contribution in [0.25, 0.3) is 0 Å². The van der Waals surface area contributed by atoms with Gasteiger partial charge in [-0.1, -0.05) is 0 Å². The largest absolute Gasteiger partial charge is 0.391 e. The summed E-state index contributed by atoms with van der Waals surface area (Å²) in [7, 11) is -3.97. The van der Waals surface area contributed by atoms with Gasteiger partial charge in [-0.15, -0.1) is 11.3 Å². The Morgan fingerprint density at radius 3 is 2.69 bits per heavy atom. The number of sulfonamides is 1. The van der Waals surface area contributed by atoms with E-state index >= 15 is 0 Å². The van der Waals surface area contributed by atoms with Crippen molar-refractivity contribution in [2.45, 2.75) is 24.9 Å². The third-order valence-corrected chi connectivity index (χ3v) is 4.70. The fourth-order valence-corrected chi connectivity index (χ4v) is 3.87. The molecule has 0 unspecified atom stereocenters. The zero-order chi connectivity index (χ0) is 12.3. The number of hydrogen-bond donors (Lipinski definition) is 2. The highest BCUT2D eigenvalue weighted by Crippen LogP contribution is 2.26. The number of halogens is 2. The van der Waals surface area contributed by atoms with Gasteiger partial charge >= 0.3 is 0 Å². The second-order valence-corrected chi connectivity index (χ2v) is 5.74. The van der Waals surface area contributed by atoms with E-state index in [9.17, 15) is 17.2 Å². The number of aliphatic hydroxyl groups is 1. The number of alkyl halides is 2. The molecular formula is C8H11F2NO3S2. The maximum Gasteiger partial charge on any atom is 0.251 e. The third kappa shape index (κ3) is 2.97. The number of rotatable bonds is 5. The van der Waals surface area contributed by atoms with E-state index < -0.39 is 29.6 Å². The van der Waals surface area contributed by atoms with Crippen LogP contribution >= 0.6 is 11.3 Å². The molecule has 1 aromatic heterocycles. The van der Waals surface area contributed by atoms with Crippen LogP contribution in [-0.4, -0.2) is 26.5 Å². The summed E-state index contributed by atoms with van der Waals surface area (Å²) in [6.45, 7) is 0.193. The molecule has 0 saturated carbocycles. The lowest BCUT2D eigenvalue weighted by Crippen LogP contribution is -2.29. The summed E-state index contributed by atoms with van der Waals surface area (Å²) in [4.78, 5) is 0.153. The van der Waals surface area contributed by atoms with E-state index in [2.05, 4.69) is 0 Å². The van der Waals surface area contributed by atoms with Crippen LogP contribution < -0.4 is 4.72 Å². The van der Waals surface area contributed by atoms with Crippen LogP contribution in [0.5, 0.6) is 0 Å². The van der Waals surface area contributed by atoms with Crippen LogP contribution in [0.3, 0.4) is 0 Å². The summed E-state index contributed by atoms with van der Waals surface area (Å²) >= 11 is 1.08. The molecule has 0 bridgehead atoms. The van der Waals surface area contributed by atoms with Crippen LogP contribution in [0.2, 0.25) is 0 Å². The Morgan fingerprint density at radius 2 is 2.19 bits per heavy atom. The highest BCUT2D eigenvalue weighted by Gasteiger charge is 2.23. The lowest BCUT2D eigenvalue weighted by atomic mass is 10.3. The Labute approximate surface area is 96.0 Å². The molecule has 1 aromatic rings. The van der Waals surface area contributed by atoms with E-state index in [1.807, 2.05) is 0 Å². The molecule has 0 aliphatic carbocycles. The van der Waals surface area contributed by atoms with Crippen molar-refractivity contribution in [2.24, 2.45) is 0 Å². The Morgan fingerprint density at radius 1 is 1.56 bits per heavy atom. The topological polar surface area (TPSA) is 66.4 Å². The average Bonchev–Trinajstić information content (AvgIpc) is 2.57. The first-order valence-corrected chi connectivity index (χ1v) is 6.70. The summed E-state index contributed by atoms with van der Waals surface area (Å²) in [5, 5.41) is 10.5. The molecule has 2 N–H and O–H groups in total. The molecule has 0 amide bonds. The smallest absolute Gasteiger partial charge is 0.251 e. The van der Waals surface area contributed by atoms with Crippen LogP contribution in [-0.2, 0) is 16.6 Å². The Kier molecular flexibility index (Phi) is 4.36. The summed E-state index contributed by atoms with van der Waals surface area (Å²) < 4.78 is 48.9. The first-order valence-electron chi connectivity index (χ1n) is 4.34. The quantitative estimate of drug-likeness (QED) is 0.842. The van der Waals surface area contributed by atoms with Gasteiger partial charge in [0.05, 0.1) is 18.0 Å². The monoisotopic (exact) mass is 271 g/mol. The van der Waals surface area contributed by atoms with Crippen molar-refractivity contribution in [1.29, 1.82) is 0 Å². The normalized spacial score (nSPS) is 12.3. The maximum atomic E-state index is 11.9. The molecule has 0 saturated heterocycles. The van der Waals surface area contributed by atoms with E-state index in [0.717, 1.165) is 11.3 Å². The number of nitrogens with one attached hydrogen (secondary N) is 1. The molecule has 0 aliphatic heterocycles. The van der Waals surface area contributed by atoms with Gasteiger partial charge in [-0.3, -0.25) is 0 Å². The minimum Gasteiger partial charge on any atom is -0.391 e. The molecule has 0 aromatic carbocycles. The van der Waals surface area contributed by atoms with Crippen molar-refractivity contribution in [3.8, 4) is 0 Å². The van der Waals surface area contributed by atoms with Gasteiger partial charge in [-0.05, 0) is 17.9 Å². The van der Waals surface area contributed by atoms with Crippen LogP contribution in [0.15, 0.2) is 10.3 Å². The van der Waals surface area contributed by atoms with Crippen molar-refractivity contribution < 1.29 is 22.3 Å². The Hall–Kier alpha value is -0.570. The molecule has 0 fully saturated rings. The van der Waals surface area contributed by atoms with Gasteiger partial charge in [0.25, 0.3) is 6.43 Å². The van der Waals surface area contributed by atoms with Crippen molar-refractivity contribution in [3.05, 3.63) is 15.8 Å². The van der Waals surface area contributed by atoms with Crippen LogP contribution in [0.1, 0.15) is 10.4 Å². The van der Waals surface area contributed by atoms with E-state index in [4.69, 9.17) is 5.11 Å². The van der Waals surface area contributed by atoms with Crippen molar-refractivity contribution in [2.75, 3.05) is 6.54 Å². The van der Waals surface area contributed by atoms with E-state index in [-0.39, 0.29) is 9.77 Å². The molecule has 8 heteroatoms. The summed E-state index contributed by atoms with van der Waals surface area (Å²) in [5.41, 5.74) is 0.441. The number of aryl methyl sites for hydroxylation is 1. The standard InChI is InChI=1S/C8H11F2NO3S2/c1-5-4-15-6(3-12)8(5)16(13,14)11-2-7(9)10/h4,7,11-12H,2-3H2,1H3. The summed E-state index contributed by atoms with van der Waals surface area (Å²) in [6, 6.07) is 0. The van der Waals surface area contributed by atoms with Gasteiger partial charge < -0.3 is 5.11 Å². The third-order valence-electron chi connectivity index (χ3n) is 1.83. The molecule has 1 heterocycles. The lowest BCUT2D eigenvalue weighted by Gasteiger charge is -2.07. The van der Waals surface area contributed by atoms with Gasteiger partial charge in [0.15, 0.2) is 0 Å². The fourth-order valence-electron chi connectivity index (χ4n) is 1.20. The molecule has 16 heavy (non-hydrogen) atoms. The van der Waals surface area contributed by atoms with Gasteiger partial charge in [0.2, 0.25) is 10.0 Å². The minimum atomic E-state index is -3.97. The molecule has 0 radical (unpaired) electrons. The molecule has 0 aliphatic rings. The fraction of sp³-hybridized carbons (Fsp3) is 0.500. The lowest BCUT2D eigenvalue weighted by molar-refractivity contribution is 0.153. The number of thiophene rings is 1. The zero-order valence-electron chi connectivity index (χ0n) is 8.41. The maximum absolute atomic E-state index is 11.9. The van der Waals surface area contributed by atoms with Gasteiger partial charge in [0.1, 0.15) is 4.90 Å². The molecule has 92 valence electrons. The van der Waals surface area contributed by atoms with Gasteiger partial charge in [-0.2, -0.15) is 0 Å². The van der Waals surface area contributed by atoms with E-state index in [1.165, 1.54) is 0 Å². The van der Waals surface area contributed by atoms with Crippen molar-refractivity contribution >= 4 is 21.4 Å². The molecule has 1 rings (SSSR count). The predicted octanol–water partition coefficient (Wildman–Crippen LogP) is 1.09. The Balaban J connectivity index is 3.02. The summed E-state index contributed by atoms with van der Waals surface area (Å²) in [5.74, 6) is 0. The second kappa shape index (κ2) is 5.17. The zero-order valence-corrected chi connectivity index (χ0v) is 10.0. The van der Waals surface area contributed by atoms with Crippen LogP contribution in [0.4, 0.5) is 8.78 Å². The predicted molar refractivity (Wildman–Crippen MR) is 56.2 cm³/mol. The van der Waals surface area contributed by atoms with Crippen LogP contribution in [0, 0.1) is 6.92 Å². The van der Waals surface area contributed by atoms with Crippen molar-refractivity contribution in [3.63, 3.8) is 0 Å². The molecule has 4 nitrogen and oxygen atoms in total. The van der Waals surface area contributed by atoms with Gasteiger partial charge in [0, 0.05) is 0 Å². The summed E-state index contributed by atoms with van der Waals surface area (Å²) in [6.07, 6.45) is -2.74. The van der Waals surface area contributed by atoms with Crippen molar-refractivity contribution in [1.82, 2.24) is 4.72 Å². The second-order valence-electron chi connectivity index (χ2n) is 3.07. The highest BCUT2D eigenvalue weighted by atomic mass is 32.2. The average molecular weight is 271 g/mol. The SMILES string of the molecule is Cc1csc(CO)c1S(=O)(=O)NCC(F)F. The Bertz CT molecular complexity index is 456. The first-order chi connectivity index (χ1) is 7.38. The molecular weight excluding hydrogens is 260 g/mol. The molecule has 0 atom stereocenters. The van der Waals surface area contributed by atoms with E-state index in [1.54, 1.807) is 17.0 Å². The van der Waals surface area contributed by atoms with Gasteiger partial charge in [-0.25, -0.2) is 21.9 Å². The number of hydrogen-bond acceptors (Lipinski definition) is 4. The molecule has 0 spiro atoms. The first kappa shape index (κ1) is 13.5.